The molecular weight excluding hydrogens is 274 g/mol. The van der Waals surface area contributed by atoms with Gasteiger partial charge in [0.05, 0.1) is 11.6 Å². The number of amides is 1. The quantitative estimate of drug-likeness (QED) is 0.885. The number of carbonyl (C=O) groups excluding carboxylic acids is 1. The zero-order chi connectivity index (χ0) is 15.9. The summed E-state index contributed by atoms with van der Waals surface area (Å²) in [5.74, 6) is -0.0152. The highest BCUT2D eigenvalue weighted by atomic mass is 16.1. The lowest BCUT2D eigenvalue weighted by molar-refractivity contribution is -0.115. The monoisotopic (exact) mass is 293 g/mol. The number of nitrogens with zero attached hydrogens (tertiary/aromatic N) is 1. The van der Waals surface area contributed by atoms with Crippen molar-refractivity contribution in [1.29, 1.82) is 5.26 Å². The molecule has 2 rings (SSSR count). The van der Waals surface area contributed by atoms with Crippen molar-refractivity contribution in [2.75, 3.05) is 17.2 Å². The molecule has 2 aromatic carbocycles. The van der Waals surface area contributed by atoms with E-state index in [4.69, 9.17) is 5.26 Å². The van der Waals surface area contributed by atoms with Crippen LogP contribution >= 0.6 is 0 Å². The molecule has 0 aliphatic rings. The van der Waals surface area contributed by atoms with Crippen molar-refractivity contribution in [3.8, 4) is 6.07 Å². The zero-order valence-electron chi connectivity index (χ0n) is 12.8. The Bertz CT molecular complexity index is 679. The van der Waals surface area contributed by atoms with Crippen LogP contribution in [0.25, 0.3) is 0 Å². The Morgan fingerprint density at radius 3 is 2.32 bits per heavy atom. The average molecular weight is 293 g/mol. The van der Waals surface area contributed by atoms with Gasteiger partial charge < -0.3 is 10.6 Å². The van der Waals surface area contributed by atoms with Crippen LogP contribution in [0.3, 0.4) is 0 Å². The lowest BCUT2D eigenvalue weighted by Gasteiger charge is -2.12. The number of anilines is 2. The van der Waals surface area contributed by atoms with Gasteiger partial charge in [-0.2, -0.15) is 5.26 Å². The molecular formula is C18H19N3O. The molecule has 0 fully saturated rings. The largest absolute Gasteiger partial charge is 0.385 e. The summed E-state index contributed by atoms with van der Waals surface area (Å²) in [7, 11) is 0. The van der Waals surface area contributed by atoms with Gasteiger partial charge >= 0.3 is 0 Å². The number of rotatable bonds is 5. The topological polar surface area (TPSA) is 64.9 Å². The molecule has 2 aromatic rings. The molecule has 22 heavy (non-hydrogen) atoms. The zero-order valence-corrected chi connectivity index (χ0v) is 12.8. The normalized spacial score (nSPS) is 9.86. The summed E-state index contributed by atoms with van der Waals surface area (Å²) in [4.78, 5) is 12.0. The minimum atomic E-state index is -0.0152. The van der Waals surface area contributed by atoms with E-state index < -0.39 is 0 Å². The van der Waals surface area contributed by atoms with Crippen LogP contribution in [0.1, 0.15) is 23.1 Å². The van der Waals surface area contributed by atoms with Gasteiger partial charge in [-0.15, -0.1) is 0 Å². The van der Waals surface area contributed by atoms with Gasteiger partial charge in [0.2, 0.25) is 5.91 Å². The predicted octanol–water partition coefficient (Wildman–Crippen LogP) is 3.62. The summed E-state index contributed by atoms with van der Waals surface area (Å²) in [6.45, 7) is 4.51. The van der Waals surface area contributed by atoms with E-state index >= 15 is 0 Å². The Morgan fingerprint density at radius 1 is 1.09 bits per heavy atom. The molecule has 0 aliphatic heterocycles. The fourth-order valence-electron chi connectivity index (χ4n) is 2.20. The van der Waals surface area contributed by atoms with Gasteiger partial charge in [0.25, 0.3) is 0 Å². The molecule has 112 valence electrons. The summed E-state index contributed by atoms with van der Waals surface area (Å²) >= 11 is 0. The van der Waals surface area contributed by atoms with Gasteiger partial charge in [-0.25, -0.2) is 0 Å². The van der Waals surface area contributed by atoms with Gasteiger partial charge in [0.15, 0.2) is 0 Å². The first-order valence-corrected chi connectivity index (χ1v) is 7.20. The predicted molar refractivity (Wildman–Crippen MR) is 88.8 cm³/mol. The molecule has 0 unspecified atom stereocenters. The van der Waals surface area contributed by atoms with Crippen molar-refractivity contribution in [1.82, 2.24) is 0 Å². The Kier molecular flexibility index (Phi) is 5.16. The third-order valence-corrected chi connectivity index (χ3v) is 3.44. The van der Waals surface area contributed by atoms with Crippen LogP contribution in [0.5, 0.6) is 0 Å². The molecule has 0 aromatic heterocycles. The van der Waals surface area contributed by atoms with E-state index in [9.17, 15) is 4.79 Å². The Labute approximate surface area is 130 Å². The molecule has 0 radical (unpaired) electrons. The number of para-hydroxylation sites is 1. The fourth-order valence-corrected chi connectivity index (χ4v) is 2.20. The second kappa shape index (κ2) is 7.28. The van der Waals surface area contributed by atoms with E-state index in [1.54, 1.807) is 12.1 Å². The fraction of sp³-hybridized carbons (Fsp3) is 0.222. The first-order chi connectivity index (χ1) is 10.6. The minimum Gasteiger partial charge on any atom is -0.385 e. The van der Waals surface area contributed by atoms with Crippen LogP contribution in [-0.2, 0) is 4.79 Å². The highest BCUT2D eigenvalue weighted by Gasteiger charge is 2.06. The third kappa shape index (κ3) is 4.10. The number of nitriles is 1. The van der Waals surface area contributed by atoms with E-state index in [2.05, 4.69) is 16.7 Å². The first-order valence-electron chi connectivity index (χ1n) is 7.20. The second-order valence-corrected chi connectivity index (χ2v) is 5.18. The molecule has 0 saturated carbocycles. The number of hydrogen-bond acceptors (Lipinski definition) is 3. The maximum Gasteiger partial charge on any atom is 0.226 e. The van der Waals surface area contributed by atoms with Crippen LogP contribution in [0, 0.1) is 25.2 Å². The van der Waals surface area contributed by atoms with E-state index in [1.165, 1.54) is 0 Å². The number of nitrogens with one attached hydrogen (secondary N) is 2. The summed E-state index contributed by atoms with van der Waals surface area (Å²) in [6.07, 6.45) is 0.383. The lowest BCUT2D eigenvalue weighted by atomic mass is 10.1. The molecule has 0 aliphatic carbocycles. The summed E-state index contributed by atoms with van der Waals surface area (Å²) < 4.78 is 0. The number of aryl methyl sites for hydroxylation is 2. The van der Waals surface area contributed by atoms with Crippen LogP contribution in [-0.4, -0.2) is 12.5 Å². The molecule has 2 N–H and O–H groups in total. The highest BCUT2D eigenvalue weighted by molar-refractivity contribution is 5.92. The Morgan fingerprint density at radius 2 is 1.73 bits per heavy atom. The first kappa shape index (κ1) is 15.6. The summed E-state index contributed by atoms with van der Waals surface area (Å²) in [5, 5.41) is 14.9. The second-order valence-electron chi connectivity index (χ2n) is 5.18. The standard InChI is InChI=1S/C18H19N3O/c1-13-4-3-5-14(2)18(13)21-17(22)10-11-20-16-8-6-15(12-19)7-9-16/h3-9,20H,10-11H2,1-2H3,(H,21,22). The van der Waals surface area contributed by atoms with Gasteiger partial charge in [-0.3, -0.25) is 4.79 Å². The number of benzene rings is 2. The van der Waals surface area contributed by atoms with Gasteiger partial charge in [-0.05, 0) is 49.2 Å². The Hall–Kier alpha value is -2.80. The molecule has 4 heteroatoms. The summed E-state index contributed by atoms with van der Waals surface area (Å²) in [5.41, 5.74) is 4.55. The average Bonchev–Trinajstić information content (AvgIpc) is 2.52. The number of hydrogen-bond donors (Lipinski definition) is 2. The third-order valence-electron chi connectivity index (χ3n) is 3.44. The lowest BCUT2D eigenvalue weighted by Crippen LogP contribution is -2.17. The van der Waals surface area contributed by atoms with Gasteiger partial charge in [0.1, 0.15) is 0 Å². The van der Waals surface area contributed by atoms with E-state index in [1.807, 2.05) is 44.2 Å². The van der Waals surface area contributed by atoms with Crippen molar-refractivity contribution < 1.29 is 4.79 Å². The van der Waals surface area contributed by atoms with Crippen LogP contribution < -0.4 is 10.6 Å². The van der Waals surface area contributed by atoms with Crippen LogP contribution in [0.15, 0.2) is 42.5 Å². The Balaban J connectivity index is 1.84. The molecule has 0 bridgehead atoms. The van der Waals surface area contributed by atoms with E-state index in [0.717, 1.165) is 22.5 Å². The summed E-state index contributed by atoms with van der Waals surface area (Å²) in [6, 6.07) is 15.2. The minimum absolute atomic E-state index is 0.0152. The van der Waals surface area contributed by atoms with Gasteiger partial charge in [-0.1, -0.05) is 18.2 Å². The van der Waals surface area contributed by atoms with Crippen molar-refractivity contribution in [3.63, 3.8) is 0 Å². The molecule has 4 nitrogen and oxygen atoms in total. The van der Waals surface area contributed by atoms with E-state index in [-0.39, 0.29) is 5.91 Å². The van der Waals surface area contributed by atoms with Crippen molar-refractivity contribution in [2.45, 2.75) is 20.3 Å². The van der Waals surface area contributed by atoms with Crippen molar-refractivity contribution in [2.24, 2.45) is 0 Å². The van der Waals surface area contributed by atoms with Crippen molar-refractivity contribution in [3.05, 3.63) is 59.2 Å². The van der Waals surface area contributed by atoms with Crippen LogP contribution in [0.2, 0.25) is 0 Å². The molecule has 0 spiro atoms. The maximum absolute atomic E-state index is 12.0. The maximum atomic E-state index is 12.0. The number of carbonyl (C=O) groups is 1. The molecule has 1 amide bonds. The molecule has 0 heterocycles. The van der Waals surface area contributed by atoms with Crippen LogP contribution in [0.4, 0.5) is 11.4 Å². The smallest absolute Gasteiger partial charge is 0.226 e. The van der Waals surface area contributed by atoms with E-state index in [0.29, 0.717) is 18.5 Å². The molecule has 0 atom stereocenters. The SMILES string of the molecule is Cc1cccc(C)c1NC(=O)CCNc1ccc(C#N)cc1. The van der Waals surface area contributed by atoms with Crippen molar-refractivity contribution >= 4 is 17.3 Å². The van der Waals surface area contributed by atoms with Gasteiger partial charge in [0, 0.05) is 24.3 Å². The highest BCUT2D eigenvalue weighted by Crippen LogP contribution is 2.19. The molecule has 0 saturated heterocycles.